The Bertz CT molecular complexity index is 923. The van der Waals surface area contributed by atoms with Gasteiger partial charge in [-0.1, -0.05) is 21.9 Å². The van der Waals surface area contributed by atoms with Gasteiger partial charge in [0.2, 0.25) is 0 Å². The maximum absolute atomic E-state index is 12.4. The number of carbonyl (C=O) groups excluding carboxylic acids is 1. The first-order chi connectivity index (χ1) is 13.5. The minimum Gasteiger partial charge on any atom is -0.493 e. The van der Waals surface area contributed by atoms with E-state index in [1.807, 2.05) is 13.0 Å². The lowest BCUT2D eigenvalue weighted by atomic mass is 10.2. The molecule has 0 bridgehead atoms. The smallest absolute Gasteiger partial charge is 0.271 e. The summed E-state index contributed by atoms with van der Waals surface area (Å²) >= 11 is 6.83. The predicted octanol–water partition coefficient (Wildman–Crippen LogP) is 4.39. The monoisotopic (exact) mass is 508 g/mol. The van der Waals surface area contributed by atoms with Crippen LogP contribution in [0.15, 0.2) is 44.4 Å². The zero-order valence-corrected chi connectivity index (χ0v) is 18.5. The van der Waals surface area contributed by atoms with Crippen LogP contribution in [0.4, 0.5) is 0 Å². The minimum absolute atomic E-state index is 0.111. The third kappa shape index (κ3) is 5.75. The van der Waals surface area contributed by atoms with Gasteiger partial charge in [-0.15, -0.1) is 6.42 Å². The maximum atomic E-state index is 12.4. The van der Waals surface area contributed by atoms with E-state index in [0.29, 0.717) is 39.5 Å². The zero-order valence-electron chi connectivity index (χ0n) is 15.3. The van der Waals surface area contributed by atoms with Crippen molar-refractivity contribution < 1.29 is 19.0 Å². The predicted molar refractivity (Wildman–Crippen MR) is 115 cm³/mol. The molecule has 2 aromatic carbocycles. The highest BCUT2D eigenvalue weighted by Gasteiger charge is 2.12. The molecule has 0 fully saturated rings. The van der Waals surface area contributed by atoms with Crippen molar-refractivity contribution in [2.75, 3.05) is 20.3 Å². The molecule has 0 aliphatic heterocycles. The SMILES string of the molecule is C#CCOc1c(Br)cc(Br)cc1/C=N/NC(=O)c1ccc(OC)c(OCC)c1. The highest BCUT2D eigenvalue weighted by atomic mass is 79.9. The lowest BCUT2D eigenvalue weighted by molar-refractivity contribution is 0.0954. The second kappa shape index (κ2) is 10.7. The Morgan fingerprint density at radius 2 is 2.04 bits per heavy atom. The summed E-state index contributed by atoms with van der Waals surface area (Å²) in [6.45, 7) is 2.42. The number of benzene rings is 2. The van der Waals surface area contributed by atoms with Gasteiger partial charge in [0.1, 0.15) is 12.4 Å². The second-order valence-electron chi connectivity index (χ2n) is 5.30. The molecule has 28 heavy (non-hydrogen) atoms. The van der Waals surface area contributed by atoms with Crippen molar-refractivity contribution in [2.24, 2.45) is 5.10 Å². The molecule has 146 valence electrons. The third-order valence-corrected chi connectivity index (χ3v) is 4.48. The number of methoxy groups -OCH3 is 1. The molecule has 1 amide bonds. The van der Waals surface area contributed by atoms with Crippen molar-refractivity contribution in [2.45, 2.75) is 6.92 Å². The van der Waals surface area contributed by atoms with E-state index in [-0.39, 0.29) is 12.5 Å². The van der Waals surface area contributed by atoms with E-state index in [0.717, 1.165) is 4.47 Å². The second-order valence-corrected chi connectivity index (χ2v) is 7.07. The van der Waals surface area contributed by atoms with Gasteiger partial charge in [-0.25, -0.2) is 5.43 Å². The van der Waals surface area contributed by atoms with Crippen LogP contribution in [-0.2, 0) is 0 Å². The highest BCUT2D eigenvalue weighted by Crippen LogP contribution is 2.32. The fourth-order valence-electron chi connectivity index (χ4n) is 2.25. The summed E-state index contributed by atoms with van der Waals surface area (Å²) in [6.07, 6.45) is 6.73. The quantitative estimate of drug-likeness (QED) is 0.325. The molecule has 0 aliphatic carbocycles. The third-order valence-electron chi connectivity index (χ3n) is 3.43. The standard InChI is InChI=1S/C20H18Br2N2O4/c1-4-8-28-19-14(9-15(21)11-16(19)22)12-23-24-20(25)13-6-7-17(26-3)18(10-13)27-5-2/h1,6-7,9-12H,5,8H2,2-3H3,(H,24,25)/b23-12+. The molecule has 8 heteroatoms. The van der Waals surface area contributed by atoms with Gasteiger partial charge >= 0.3 is 0 Å². The first kappa shape index (κ1) is 21.8. The van der Waals surface area contributed by atoms with Gasteiger partial charge in [-0.3, -0.25) is 4.79 Å². The van der Waals surface area contributed by atoms with Crippen LogP contribution in [0.1, 0.15) is 22.8 Å². The van der Waals surface area contributed by atoms with Crippen LogP contribution in [0, 0.1) is 12.3 Å². The van der Waals surface area contributed by atoms with Gasteiger partial charge < -0.3 is 14.2 Å². The molecule has 0 radical (unpaired) electrons. The lowest BCUT2D eigenvalue weighted by Crippen LogP contribution is -2.18. The number of hydrogen-bond donors (Lipinski definition) is 1. The number of rotatable bonds is 8. The van der Waals surface area contributed by atoms with Gasteiger partial charge in [-0.05, 0) is 53.2 Å². The number of hydrogen-bond acceptors (Lipinski definition) is 5. The Kier molecular flexibility index (Phi) is 8.36. The average molecular weight is 510 g/mol. The summed E-state index contributed by atoms with van der Waals surface area (Å²) in [5.41, 5.74) is 3.51. The minimum atomic E-state index is -0.389. The van der Waals surface area contributed by atoms with Crippen LogP contribution in [0.2, 0.25) is 0 Å². The molecular formula is C20H18Br2N2O4. The Morgan fingerprint density at radius 1 is 1.25 bits per heavy atom. The molecule has 0 spiro atoms. The Morgan fingerprint density at radius 3 is 2.71 bits per heavy atom. The average Bonchev–Trinajstić information content (AvgIpc) is 2.67. The number of nitrogens with zero attached hydrogens (tertiary/aromatic N) is 1. The van der Waals surface area contributed by atoms with E-state index < -0.39 is 0 Å². The van der Waals surface area contributed by atoms with E-state index in [1.54, 1.807) is 24.3 Å². The molecule has 0 saturated carbocycles. The van der Waals surface area contributed by atoms with Crippen LogP contribution >= 0.6 is 31.9 Å². The molecule has 0 atom stereocenters. The molecule has 0 saturated heterocycles. The van der Waals surface area contributed by atoms with Gasteiger partial charge in [0.25, 0.3) is 5.91 Å². The number of carbonyl (C=O) groups is 1. The molecule has 2 rings (SSSR count). The van der Waals surface area contributed by atoms with Gasteiger partial charge in [0.15, 0.2) is 11.5 Å². The number of nitrogens with one attached hydrogen (secondary N) is 1. The van der Waals surface area contributed by atoms with E-state index in [9.17, 15) is 4.79 Å². The number of halogens is 2. The molecule has 1 N–H and O–H groups in total. The first-order valence-corrected chi connectivity index (χ1v) is 9.78. The Hall–Kier alpha value is -2.50. The lowest BCUT2D eigenvalue weighted by Gasteiger charge is -2.11. The fraction of sp³-hybridized carbons (Fsp3) is 0.200. The van der Waals surface area contributed by atoms with Crippen molar-refractivity contribution in [3.05, 3.63) is 50.4 Å². The number of hydrazone groups is 1. The van der Waals surface area contributed by atoms with Crippen molar-refractivity contribution in [3.63, 3.8) is 0 Å². The summed E-state index contributed by atoms with van der Waals surface area (Å²) in [7, 11) is 1.54. The normalized spacial score (nSPS) is 10.4. The molecule has 0 aromatic heterocycles. The summed E-state index contributed by atoms with van der Waals surface area (Å²) < 4.78 is 17.8. The van der Waals surface area contributed by atoms with Gasteiger partial charge in [0, 0.05) is 15.6 Å². The molecular weight excluding hydrogens is 492 g/mol. The molecule has 0 unspecified atom stereocenters. The largest absolute Gasteiger partial charge is 0.493 e. The summed E-state index contributed by atoms with van der Waals surface area (Å²) in [6, 6.07) is 8.52. The maximum Gasteiger partial charge on any atom is 0.271 e. The van der Waals surface area contributed by atoms with Crippen molar-refractivity contribution >= 4 is 44.0 Å². The number of amides is 1. The van der Waals surface area contributed by atoms with Crippen molar-refractivity contribution in [1.29, 1.82) is 0 Å². The summed E-state index contributed by atoms with van der Waals surface area (Å²) in [5.74, 6) is 3.60. The number of terminal acetylenes is 1. The van der Waals surface area contributed by atoms with E-state index in [2.05, 4.69) is 48.3 Å². The summed E-state index contributed by atoms with van der Waals surface area (Å²) in [5, 5.41) is 4.02. The fourth-order valence-corrected chi connectivity index (χ4v) is 3.63. The molecule has 2 aromatic rings. The van der Waals surface area contributed by atoms with Crippen LogP contribution in [0.3, 0.4) is 0 Å². The molecule has 6 nitrogen and oxygen atoms in total. The zero-order chi connectivity index (χ0) is 20.5. The molecule has 0 heterocycles. The van der Waals surface area contributed by atoms with Crippen LogP contribution in [0.25, 0.3) is 0 Å². The van der Waals surface area contributed by atoms with Crippen LogP contribution < -0.4 is 19.6 Å². The Balaban J connectivity index is 2.18. The highest BCUT2D eigenvalue weighted by molar-refractivity contribution is 9.11. The van der Waals surface area contributed by atoms with E-state index in [4.69, 9.17) is 20.6 Å². The van der Waals surface area contributed by atoms with Crippen LogP contribution in [-0.4, -0.2) is 32.4 Å². The van der Waals surface area contributed by atoms with Crippen LogP contribution in [0.5, 0.6) is 17.2 Å². The van der Waals surface area contributed by atoms with E-state index in [1.165, 1.54) is 13.3 Å². The van der Waals surface area contributed by atoms with E-state index >= 15 is 0 Å². The Labute approximate surface area is 180 Å². The first-order valence-electron chi connectivity index (χ1n) is 8.19. The van der Waals surface area contributed by atoms with Gasteiger partial charge in [0.05, 0.1) is 24.4 Å². The van der Waals surface area contributed by atoms with Crippen molar-refractivity contribution in [3.8, 4) is 29.6 Å². The molecule has 0 aliphatic rings. The van der Waals surface area contributed by atoms with Crippen molar-refractivity contribution in [1.82, 2.24) is 5.43 Å². The summed E-state index contributed by atoms with van der Waals surface area (Å²) in [4.78, 5) is 12.4. The number of ether oxygens (including phenoxy) is 3. The van der Waals surface area contributed by atoms with Gasteiger partial charge in [-0.2, -0.15) is 5.10 Å². The topological polar surface area (TPSA) is 69.2 Å².